The molecule has 0 bridgehead atoms. The Bertz CT molecular complexity index is 770. The predicted octanol–water partition coefficient (Wildman–Crippen LogP) is 2.68. The van der Waals surface area contributed by atoms with Crippen molar-refractivity contribution < 1.29 is 9.53 Å². The number of rotatable bonds is 6. The summed E-state index contributed by atoms with van der Waals surface area (Å²) in [5, 5.41) is 5.16. The van der Waals surface area contributed by atoms with Crippen molar-refractivity contribution in [2.75, 3.05) is 39.3 Å². The van der Waals surface area contributed by atoms with E-state index in [1.165, 1.54) is 16.0 Å². The zero-order chi connectivity index (χ0) is 18.6. The number of ether oxygens (including phenoxy) is 1. The Labute approximate surface area is 164 Å². The lowest BCUT2D eigenvalue weighted by Crippen LogP contribution is -2.49. The molecule has 1 amide bonds. The number of thiophene rings is 1. The highest BCUT2D eigenvalue weighted by Gasteiger charge is 2.21. The quantitative estimate of drug-likeness (QED) is 0.830. The van der Waals surface area contributed by atoms with Gasteiger partial charge in [0.2, 0.25) is 5.91 Å². The Kier molecular flexibility index (Phi) is 5.76. The van der Waals surface area contributed by atoms with E-state index in [1.54, 1.807) is 11.3 Å². The first-order chi connectivity index (χ1) is 13.2. The molecule has 144 valence electrons. The summed E-state index contributed by atoms with van der Waals surface area (Å²) in [6.07, 6.45) is 1.02. The lowest BCUT2D eigenvalue weighted by atomic mass is 10.1. The van der Waals surface area contributed by atoms with Gasteiger partial charge >= 0.3 is 0 Å². The third-order valence-corrected chi connectivity index (χ3v) is 6.39. The van der Waals surface area contributed by atoms with Gasteiger partial charge in [-0.15, -0.1) is 11.3 Å². The van der Waals surface area contributed by atoms with Gasteiger partial charge in [0.25, 0.3) is 0 Å². The fraction of sp³-hybridized carbons (Fsp3) is 0.476. The van der Waals surface area contributed by atoms with E-state index in [4.69, 9.17) is 4.74 Å². The highest BCUT2D eigenvalue weighted by Crippen LogP contribution is 2.26. The van der Waals surface area contributed by atoms with Gasteiger partial charge in [-0.05, 0) is 35.6 Å². The van der Waals surface area contributed by atoms with Gasteiger partial charge in [-0.2, -0.15) is 0 Å². The highest BCUT2D eigenvalue weighted by atomic mass is 32.1. The molecule has 1 aromatic carbocycles. The topological polar surface area (TPSA) is 44.8 Å². The van der Waals surface area contributed by atoms with Crippen molar-refractivity contribution in [3.05, 3.63) is 51.7 Å². The third-order valence-electron chi connectivity index (χ3n) is 5.34. The number of carbonyl (C=O) groups is 1. The molecule has 1 aromatic heterocycles. The minimum absolute atomic E-state index is 0.0857. The van der Waals surface area contributed by atoms with Gasteiger partial charge in [0, 0.05) is 44.0 Å². The van der Waals surface area contributed by atoms with Crippen molar-refractivity contribution >= 4 is 17.2 Å². The summed E-state index contributed by atoms with van der Waals surface area (Å²) in [6.45, 7) is 8.20. The Balaban J connectivity index is 1.21. The summed E-state index contributed by atoms with van der Waals surface area (Å²) < 4.78 is 5.59. The normalized spacial score (nSPS) is 18.7. The molecule has 6 heteroatoms. The minimum atomic E-state index is 0.0857. The first-order valence-electron chi connectivity index (χ1n) is 9.69. The molecule has 1 fully saturated rings. The number of nitrogens with one attached hydrogen (secondary N) is 1. The number of nitrogens with zero attached hydrogens (tertiary/aromatic N) is 2. The molecule has 0 radical (unpaired) electrons. The van der Waals surface area contributed by atoms with Crippen LogP contribution in [0.1, 0.15) is 29.0 Å². The van der Waals surface area contributed by atoms with Crippen LogP contribution >= 0.6 is 11.3 Å². The molecular formula is C21H27N3O2S. The molecule has 4 rings (SSSR count). The maximum absolute atomic E-state index is 12.3. The zero-order valence-corrected chi connectivity index (χ0v) is 16.6. The van der Waals surface area contributed by atoms with Crippen molar-refractivity contribution in [1.82, 2.24) is 15.1 Å². The van der Waals surface area contributed by atoms with Gasteiger partial charge in [-0.3, -0.25) is 14.6 Å². The number of carbonyl (C=O) groups excluding carboxylic acids is 1. The molecule has 1 atom stereocenters. The molecule has 2 aromatic rings. The van der Waals surface area contributed by atoms with Crippen molar-refractivity contribution in [3.63, 3.8) is 0 Å². The average Bonchev–Trinajstić information content (AvgIpc) is 3.34. The van der Waals surface area contributed by atoms with E-state index in [1.807, 2.05) is 18.4 Å². The molecule has 0 spiro atoms. The van der Waals surface area contributed by atoms with Crippen LogP contribution in [0.5, 0.6) is 5.75 Å². The Hall–Kier alpha value is -1.89. The molecule has 0 unspecified atom stereocenters. The van der Waals surface area contributed by atoms with E-state index in [0.29, 0.717) is 6.54 Å². The smallest absolute Gasteiger partial charge is 0.234 e. The first kappa shape index (κ1) is 18.5. The van der Waals surface area contributed by atoms with E-state index in [9.17, 15) is 4.79 Å². The summed E-state index contributed by atoms with van der Waals surface area (Å²) in [5.74, 6) is 1.16. The number of fused-ring (bicyclic) bond motifs is 1. The number of piperazine rings is 1. The molecule has 2 aliphatic heterocycles. The molecule has 1 saturated heterocycles. The molecule has 1 N–H and O–H groups in total. The van der Waals surface area contributed by atoms with E-state index in [0.717, 1.165) is 51.5 Å². The summed E-state index contributed by atoms with van der Waals surface area (Å²) in [4.78, 5) is 18.3. The predicted molar refractivity (Wildman–Crippen MR) is 108 cm³/mol. The van der Waals surface area contributed by atoms with Gasteiger partial charge in [0.1, 0.15) is 5.75 Å². The number of amides is 1. The second-order valence-electron chi connectivity index (χ2n) is 7.40. The molecule has 2 aliphatic rings. The van der Waals surface area contributed by atoms with E-state index in [2.05, 4.69) is 39.4 Å². The van der Waals surface area contributed by atoms with Crippen molar-refractivity contribution in [2.24, 2.45) is 0 Å². The summed E-state index contributed by atoms with van der Waals surface area (Å²) >= 11 is 1.68. The SMILES string of the molecule is C[C@H](NC(=O)CN1CCN(Cc2ccc3c(c2)CCO3)CC1)c1cccs1. The van der Waals surface area contributed by atoms with Crippen LogP contribution in [0.15, 0.2) is 35.7 Å². The summed E-state index contributed by atoms with van der Waals surface area (Å²) in [5.41, 5.74) is 2.69. The van der Waals surface area contributed by atoms with Gasteiger partial charge in [0.05, 0.1) is 19.2 Å². The fourth-order valence-electron chi connectivity index (χ4n) is 3.80. The average molecular weight is 386 g/mol. The van der Waals surface area contributed by atoms with Crippen molar-refractivity contribution in [1.29, 1.82) is 0 Å². The summed E-state index contributed by atoms with van der Waals surface area (Å²) in [7, 11) is 0. The van der Waals surface area contributed by atoms with Crippen LogP contribution in [-0.2, 0) is 17.8 Å². The molecule has 3 heterocycles. The molecule has 0 saturated carbocycles. The zero-order valence-electron chi connectivity index (χ0n) is 15.8. The lowest BCUT2D eigenvalue weighted by Gasteiger charge is -2.34. The van der Waals surface area contributed by atoms with Crippen molar-refractivity contribution in [3.8, 4) is 5.75 Å². The van der Waals surface area contributed by atoms with Gasteiger partial charge in [-0.25, -0.2) is 0 Å². The lowest BCUT2D eigenvalue weighted by molar-refractivity contribution is -0.123. The molecule has 27 heavy (non-hydrogen) atoms. The largest absolute Gasteiger partial charge is 0.493 e. The fourth-order valence-corrected chi connectivity index (χ4v) is 4.54. The molecule has 0 aliphatic carbocycles. The van der Waals surface area contributed by atoms with Gasteiger partial charge in [-0.1, -0.05) is 18.2 Å². The Morgan fingerprint density at radius 2 is 2.04 bits per heavy atom. The van der Waals surface area contributed by atoms with Crippen LogP contribution in [0.4, 0.5) is 0 Å². The highest BCUT2D eigenvalue weighted by molar-refractivity contribution is 7.10. The first-order valence-corrected chi connectivity index (χ1v) is 10.6. The number of hydrogen-bond donors (Lipinski definition) is 1. The van der Waals surface area contributed by atoms with Gasteiger partial charge < -0.3 is 10.1 Å². The van der Waals surface area contributed by atoms with E-state index < -0.39 is 0 Å². The number of hydrogen-bond acceptors (Lipinski definition) is 5. The van der Waals surface area contributed by atoms with Crippen molar-refractivity contribution in [2.45, 2.75) is 25.9 Å². The molecular weight excluding hydrogens is 358 g/mol. The second kappa shape index (κ2) is 8.42. The van der Waals surface area contributed by atoms with Crippen LogP contribution in [-0.4, -0.2) is 55.0 Å². The third kappa shape index (κ3) is 4.69. The Morgan fingerprint density at radius 1 is 1.22 bits per heavy atom. The Morgan fingerprint density at radius 3 is 2.81 bits per heavy atom. The van der Waals surface area contributed by atoms with E-state index >= 15 is 0 Å². The van der Waals surface area contributed by atoms with Crippen LogP contribution in [0.3, 0.4) is 0 Å². The number of benzene rings is 1. The van der Waals surface area contributed by atoms with Crippen LogP contribution in [0, 0.1) is 0 Å². The second-order valence-corrected chi connectivity index (χ2v) is 8.38. The molecule has 5 nitrogen and oxygen atoms in total. The van der Waals surface area contributed by atoms with E-state index in [-0.39, 0.29) is 11.9 Å². The summed E-state index contributed by atoms with van der Waals surface area (Å²) in [6, 6.07) is 10.7. The van der Waals surface area contributed by atoms with Gasteiger partial charge in [0.15, 0.2) is 0 Å². The van der Waals surface area contributed by atoms with Crippen LogP contribution < -0.4 is 10.1 Å². The standard InChI is InChI=1S/C21H27N3O2S/c1-16(20-3-2-12-27-20)22-21(25)15-24-9-7-23(8-10-24)14-17-4-5-19-18(13-17)6-11-26-19/h2-5,12-13,16H,6-11,14-15H2,1H3,(H,22,25)/t16-/m0/s1. The maximum atomic E-state index is 12.3. The van der Waals surface area contributed by atoms with Crippen LogP contribution in [0.2, 0.25) is 0 Å². The monoisotopic (exact) mass is 385 g/mol. The maximum Gasteiger partial charge on any atom is 0.234 e. The minimum Gasteiger partial charge on any atom is -0.493 e. The van der Waals surface area contributed by atoms with Crippen LogP contribution in [0.25, 0.3) is 0 Å².